The SMILES string of the molecule is CCCCO[C@@H]1[C@@H](OCCCC)[C@H](OCCCC)C(O)(CO)O[C@H]1c1ccc(Cl)c(Cc2ccc(OCC)cc2)c1. The van der Waals surface area contributed by atoms with Crippen LogP contribution in [0.3, 0.4) is 0 Å². The first-order valence-corrected chi connectivity index (χ1v) is 15.6. The average molecular weight is 593 g/mol. The van der Waals surface area contributed by atoms with Crippen LogP contribution in [0.15, 0.2) is 42.5 Å². The highest BCUT2D eigenvalue weighted by atomic mass is 35.5. The van der Waals surface area contributed by atoms with E-state index in [0.29, 0.717) is 37.9 Å². The summed E-state index contributed by atoms with van der Waals surface area (Å²) in [5.41, 5.74) is 2.80. The van der Waals surface area contributed by atoms with Crippen LogP contribution in [0.1, 0.15) is 89.0 Å². The molecule has 1 heterocycles. The maximum Gasteiger partial charge on any atom is 0.219 e. The highest BCUT2D eigenvalue weighted by Crippen LogP contribution is 2.42. The van der Waals surface area contributed by atoms with E-state index in [1.807, 2.05) is 49.4 Å². The molecule has 1 saturated heterocycles. The van der Waals surface area contributed by atoms with Crippen molar-refractivity contribution in [2.24, 2.45) is 0 Å². The number of rotatable bonds is 18. The number of aliphatic hydroxyl groups excluding tert-OH is 1. The zero-order valence-electron chi connectivity index (χ0n) is 25.1. The molecule has 0 spiro atoms. The Morgan fingerprint density at radius 1 is 0.829 bits per heavy atom. The zero-order chi connectivity index (χ0) is 29.7. The van der Waals surface area contributed by atoms with Crippen LogP contribution < -0.4 is 4.74 Å². The molecule has 3 rings (SSSR count). The highest BCUT2D eigenvalue weighted by Gasteiger charge is 2.56. The second-order valence-corrected chi connectivity index (χ2v) is 11.1. The molecule has 7 nitrogen and oxygen atoms in total. The van der Waals surface area contributed by atoms with Gasteiger partial charge in [0.15, 0.2) is 0 Å². The largest absolute Gasteiger partial charge is 0.494 e. The lowest BCUT2D eigenvalue weighted by molar-refractivity contribution is -0.373. The van der Waals surface area contributed by atoms with E-state index >= 15 is 0 Å². The van der Waals surface area contributed by atoms with E-state index in [1.54, 1.807) is 0 Å². The van der Waals surface area contributed by atoms with Gasteiger partial charge in [0.2, 0.25) is 5.79 Å². The predicted molar refractivity (Wildman–Crippen MR) is 162 cm³/mol. The molecule has 0 radical (unpaired) electrons. The van der Waals surface area contributed by atoms with Gasteiger partial charge in [-0.2, -0.15) is 0 Å². The van der Waals surface area contributed by atoms with Gasteiger partial charge >= 0.3 is 0 Å². The Labute approximate surface area is 251 Å². The molecule has 230 valence electrons. The van der Waals surface area contributed by atoms with E-state index in [1.165, 1.54) is 0 Å². The third kappa shape index (κ3) is 9.39. The average Bonchev–Trinajstić information content (AvgIpc) is 2.98. The molecule has 1 fully saturated rings. The Bertz CT molecular complexity index is 1020. The molecule has 2 aromatic rings. The first-order valence-electron chi connectivity index (χ1n) is 15.3. The summed E-state index contributed by atoms with van der Waals surface area (Å²) in [7, 11) is 0. The second-order valence-electron chi connectivity index (χ2n) is 10.7. The van der Waals surface area contributed by atoms with Crippen LogP contribution in [-0.2, 0) is 25.4 Å². The third-order valence-electron chi connectivity index (χ3n) is 7.36. The van der Waals surface area contributed by atoms with Crippen molar-refractivity contribution in [3.05, 3.63) is 64.2 Å². The summed E-state index contributed by atoms with van der Waals surface area (Å²) in [6.07, 6.45) is 3.21. The Hall–Kier alpha value is -1.71. The standard InChI is InChI=1S/C33H49ClO7/c1-5-9-18-38-30-29(41-33(36,23-35)32(40-20-11-7-3)31(30)39-19-10-6-2)25-14-17-28(34)26(22-25)21-24-12-15-27(16-13-24)37-8-4/h12-17,22,29-32,35-36H,5-11,18-21,23H2,1-4H3/t29-,30-,31+,32-,33?/m0/s1. The van der Waals surface area contributed by atoms with Crippen molar-refractivity contribution in [2.45, 2.75) is 103 Å². The fourth-order valence-electron chi connectivity index (χ4n) is 5.01. The van der Waals surface area contributed by atoms with Crippen molar-refractivity contribution < 1.29 is 33.9 Å². The number of halogens is 1. The minimum atomic E-state index is -1.96. The summed E-state index contributed by atoms with van der Waals surface area (Å²) in [5.74, 6) is -1.14. The Kier molecular flexibility index (Phi) is 14.4. The highest BCUT2D eigenvalue weighted by molar-refractivity contribution is 6.31. The fraction of sp³-hybridized carbons (Fsp3) is 0.636. The van der Waals surface area contributed by atoms with Crippen LogP contribution in [0.25, 0.3) is 0 Å². The first-order chi connectivity index (χ1) is 19.9. The Balaban J connectivity index is 1.98. The van der Waals surface area contributed by atoms with Crippen molar-refractivity contribution in [1.82, 2.24) is 0 Å². The number of hydrogen-bond donors (Lipinski definition) is 2. The van der Waals surface area contributed by atoms with Gasteiger partial charge in [0, 0.05) is 24.8 Å². The lowest BCUT2D eigenvalue weighted by Crippen LogP contribution is -2.65. The minimum Gasteiger partial charge on any atom is -0.494 e. The summed E-state index contributed by atoms with van der Waals surface area (Å²) in [6, 6.07) is 13.7. The number of ether oxygens (including phenoxy) is 5. The van der Waals surface area contributed by atoms with E-state index in [4.69, 9.17) is 35.3 Å². The Morgan fingerprint density at radius 2 is 1.44 bits per heavy atom. The molecule has 2 aromatic carbocycles. The molecule has 1 aliphatic rings. The molecule has 8 heteroatoms. The lowest BCUT2D eigenvalue weighted by atomic mass is 9.87. The summed E-state index contributed by atoms with van der Waals surface area (Å²) in [4.78, 5) is 0. The van der Waals surface area contributed by atoms with Gasteiger partial charge < -0.3 is 33.9 Å². The number of aliphatic hydroxyl groups is 2. The van der Waals surface area contributed by atoms with Crippen LogP contribution in [0.5, 0.6) is 5.75 Å². The Morgan fingerprint density at radius 3 is 2.02 bits per heavy atom. The zero-order valence-corrected chi connectivity index (χ0v) is 25.9. The van der Waals surface area contributed by atoms with Crippen LogP contribution in [0.2, 0.25) is 5.02 Å². The van der Waals surface area contributed by atoms with Crippen molar-refractivity contribution in [3.8, 4) is 5.75 Å². The van der Waals surface area contributed by atoms with Gasteiger partial charge in [0.25, 0.3) is 0 Å². The van der Waals surface area contributed by atoms with Gasteiger partial charge in [0.05, 0.1) is 13.2 Å². The second kappa shape index (κ2) is 17.4. The topological polar surface area (TPSA) is 86.6 Å². The van der Waals surface area contributed by atoms with Crippen molar-refractivity contribution in [2.75, 3.05) is 33.0 Å². The molecule has 1 aliphatic heterocycles. The predicted octanol–water partition coefficient (Wildman–Crippen LogP) is 6.64. The minimum absolute atomic E-state index is 0.417. The van der Waals surface area contributed by atoms with Gasteiger partial charge in [-0.15, -0.1) is 0 Å². The van der Waals surface area contributed by atoms with Crippen molar-refractivity contribution in [1.29, 1.82) is 0 Å². The summed E-state index contributed by atoms with van der Waals surface area (Å²) in [6.45, 7) is 9.65. The van der Waals surface area contributed by atoms with E-state index in [2.05, 4.69) is 20.8 Å². The molecule has 0 amide bonds. The van der Waals surface area contributed by atoms with E-state index in [0.717, 1.165) is 61.0 Å². The van der Waals surface area contributed by atoms with Crippen molar-refractivity contribution >= 4 is 11.6 Å². The van der Waals surface area contributed by atoms with Crippen LogP contribution in [0.4, 0.5) is 0 Å². The van der Waals surface area contributed by atoms with Crippen LogP contribution in [-0.4, -0.2) is 67.3 Å². The van der Waals surface area contributed by atoms with Crippen LogP contribution in [0, 0.1) is 0 Å². The lowest BCUT2D eigenvalue weighted by Gasteiger charge is -2.50. The van der Waals surface area contributed by atoms with Gasteiger partial charge in [-0.3, -0.25) is 0 Å². The maximum absolute atomic E-state index is 11.6. The quantitative estimate of drug-likeness (QED) is 0.188. The van der Waals surface area contributed by atoms with E-state index < -0.39 is 36.8 Å². The van der Waals surface area contributed by atoms with Crippen LogP contribution >= 0.6 is 11.6 Å². The molecular formula is C33H49ClO7. The molecule has 0 bridgehead atoms. The number of unbranched alkanes of at least 4 members (excludes halogenated alkanes) is 3. The fourth-order valence-corrected chi connectivity index (χ4v) is 5.19. The van der Waals surface area contributed by atoms with E-state index in [-0.39, 0.29) is 0 Å². The smallest absolute Gasteiger partial charge is 0.219 e. The summed E-state index contributed by atoms with van der Waals surface area (Å²) < 4.78 is 30.9. The van der Waals surface area contributed by atoms with E-state index in [9.17, 15) is 10.2 Å². The summed E-state index contributed by atoms with van der Waals surface area (Å²) >= 11 is 6.66. The van der Waals surface area contributed by atoms with Gasteiger partial charge in [-0.25, -0.2) is 0 Å². The van der Waals surface area contributed by atoms with Gasteiger partial charge in [-0.1, -0.05) is 75.9 Å². The number of benzene rings is 2. The maximum atomic E-state index is 11.6. The van der Waals surface area contributed by atoms with Gasteiger partial charge in [0.1, 0.15) is 30.2 Å². The molecule has 0 aromatic heterocycles. The monoisotopic (exact) mass is 592 g/mol. The molecule has 0 saturated carbocycles. The summed E-state index contributed by atoms with van der Waals surface area (Å²) in [5, 5.41) is 22.7. The molecule has 2 N–H and O–H groups in total. The first kappa shape index (κ1) is 33.8. The molecule has 1 unspecified atom stereocenters. The van der Waals surface area contributed by atoms with Gasteiger partial charge in [-0.05, 0) is 67.5 Å². The van der Waals surface area contributed by atoms with Crippen molar-refractivity contribution in [3.63, 3.8) is 0 Å². The normalized spacial score (nSPS) is 24.5. The third-order valence-corrected chi connectivity index (χ3v) is 7.73. The number of hydrogen-bond acceptors (Lipinski definition) is 7. The molecule has 0 aliphatic carbocycles. The molecule has 5 atom stereocenters. The molecule has 41 heavy (non-hydrogen) atoms. The molecular weight excluding hydrogens is 544 g/mol.